The van der Waals surface area contributed by atoms with Gasteiger partial charge in [0.05, 0.1) is 5.69 Å². The fourth-order valence-electron chi connectivity index (χ4n) is 3.67. The van der Waals surface area contributed by atoms with E-state index in [-0.39, 0.29) is 11.8 Å². The summed E-state index contributed by atoms with van der Waals surface area (Å²) in [7, 11) is 0. The van der Waals surface area contributed by atoms with E-state index < -0.39 is 0 Å². The van der Waals surface area contributed by atoms with Gasteiger partial charge < -0.3 is 20.7 Å². The van der Waals surface area contributed by atoms with Gasteiger partial charge in [0.25, 0.3) is 0 Å². The van der Waals surface area contributed by atoms with Crippen LogP contribution in [0.3, 0.4) is 0 Å². The summed E-state index contributed by atoms with van der Waals surface area (Å²) in [6, 6.07) is 6.98. The van der Waals surface area contributed by atoms with Gasteiger partial charge >= 0.3 is 0 Å². The van der Waals surface area contributed by atoms with Crippen molar-refractivity contribution in [1.82, 2.24) is 4.90 Å². The SMILES string of the molecule is CCC(Cc1ccc2c(c1)NCCO2)N1CCC(C(N)=O)CC1. The molecule has 1 aromatic carbocycles. The van der Waals surface area contributed by atoms with Gasteiger partial charge in [-0.3, -0.25) is 4.79 Å². The summed E-state index contributed by atoms with van der Waals surface area (Å²) in [5.74, 6) is 0.877. The minimum atomic E-state index is -0.140. The highest BCUT2D eigenvalue weighted by molar-refractivity contribution is 5.76. The Morgan fingerprint density at radius 2 is 2.22 bits per heavy atom. The lowest BCUT2D eigenvalue weighted by molar-refractivity contribution is -0.123. The first-order chi connectivity index (χ1) is 11.2. The van der Waals surface area contributed by atoms with Gasteiger partial charge in [0.2, 0.25) is 5.91 Å². The second-order valence-electron chi connectivity index (χ2n) is 6.58. The predicted octanol–water partition coefficient (Wildman–Crippen LogP) is 2.01. The molecule has 23 heavy (non-hydrogen) atoms. The van der Waals surface area contributed by atoms with E-state index in [0.29, 0.717) is 6.04 Å². The number of likely N-dealkylation sites (tertiary alicyclic amines) is 1. The minimum Gasteiger partial charge on any atom is -0.490 e. The number of hydrogen-bond acceptors (Lipinski definition) is 4. The zero-order chi connectivity index (χ0) is 16.2. The molecule has 1 fully saturated rings. The van der Waals surface area contributed by atoms with Gasteiger partial charge in [-0.15, -0.1) is 0 Å². The maximum absolute atomic E-state index is 11.3. The second-order valence-corrected chi connectivity index (χ2v) is 6.58. The number of piperidine rings is 1. The number of nitrogens with one attached hydrogen (secondary N) is 1. The molecule has 0 aromatic heterocycles. The number of anilines is 1. The molecule has 2 heterocycles. The molecule has 0 bridgehead atoms. The molecule has 0 aliphatic carbocycles. The quantitative estimate of drug-likeness (QED) is 0.872. The highest BCUT2D eigenvalue weighted by Crippen LogP contribution is 2.29. The molecule has 0 spiro atoms. The molecular formula is C18H27N3O2. The van der Waals surface area contributed by atoms with Gasteiger partial charge in [-0.1, -0.05) is 13.0 Å². The smallest absolute Gasteiger partial charge is 0.220 e. The molecule has 0 saturated carbocycles. The largest absolute Gasteiger partial charge is 0.490 e. The molecule has 2 aliphatic rings. The number of nitrogens with two attached hydrogens (primary N) is 1. The van der Waals surface area contributed by atoms with E-state index >= 15 is 0 Å². The third kappa shape index (κ3) is 3.78. The number of rotatable bonds is 5. The fourth-order valence-corrected chi connectivity index (χ4v) is 3.67. The van der Waals surface area contributed by atoms with Crippen LogP contribution in [0.15, 0.2) is 18.2 Å². The first-order valence-corrected chi connectivity index (χ1v) is 8.70. The van der Waals surface area contributed by atoms with Gasteiger partial charge in [-0.05, 0) is 56.5 Å². The number of fused-ring (bicyclic) bond motifs is 1. The Hall–Kier alpha value is -1.75. The van der Waals surface area contributed by atoms with Crippen molar-refractivity contribution in [3.63, 3.8) is 0 Å². The molecule has 5 nitrogen and oxygen atoms in total. The highest BCUT2D eigenvalue weighted by atomic mass is 16.5. The van der Waals surface area contributed by atoms with E-state index in [9.17, 15) is 4.79 Å². The molecule has 1 aromatic rings. The van der Waals surface area contributed by atoms with Crippen LogP contribution in [0.25, 0.3) is 0 Å². The van der Waals surface area contributed by atoms with Crippen LogP contribution in [0, 0.1) is 5.92 Å². The number of amides is 1. The normalized spacial score (nSPS) is 20.2. The molecule has 5 heteroatoms. The van der Waals surface area contributed by atoms with Crippen LogP contribution >= 0.6 is 0 Å². The Balaban J connectivity index is 1.62. The summed E-state index contributed by atoms with van der Waals surface area (Å²) in [5.41, 5.74) is 7.88. The van der Waals surface area contributed by atoms with Crippen molar-refractivity contribution in [3.8, 4) is 5.75 Å². The first-order valence-electron chi connectivity index (χ1n) is 8.70. The standard InChI is InChI=1S/C18H27N3O2/c1-2-15(21-8-5-14(6-9-21)18(19)22)11-13-3-4-17-16(12-13)20-7-10-23-17/h3-4,12,14-15,20H,2,5-11H2,1H3,(H2,19,22). The van der Waals surface area contributed by atoms with Crippen molar-refractivity contribution in [3.05, 3.63) is 23.8 Å². The van der Waals surface area contributed by atoms with Crippen molar-refractivity contribution in [2.75, 3.05) is 31.6 Å². The number of nitrogens with zero attached hydrogens (tertiary/aromatic N) is 1. The van der Waals surface area contributed by atoms with Crippen molar-refractivity contribution >= 4 is 11.6 Å². The van der Waals surface area contributed by atoms with Crippen LogP contribution in [-0.2, 0) is 11.2 Å². The van der Waals surface area contributed by atoms with E-state index in [1.165, 1.54) is 5.56 Å². The van der Waals surface area contributed by atoms with Crippen molar-refractivity contribution in [2.45, 2.75) is 38.6 Å². The molecule has 3 N–H and O–H groups in total. The Morgan fingerprint density at radius 3 is 2.91 bits per heavy atom. The first kappa shape index (κ1) is 16.1. The molecule has 1 amide bonds. The van der Waals surface area contributed by atoms with E-state index in [2.05, 4.69) is 35.3 Å². The molecule has 0 radical (unpaired) electrons. The molecule has 1 unspecified atom stereocenters. The van der Waals surface area contributed by atoms with Gasteiger partial charge in [0, 0.05) is 18.5 Å². The Kier molecular flexibility index (Phi) is 5.06. The van der Waals surface area contributed by atoms with Crippen LogP contribution in [0.2, 0.25) is 0 Å². The number of carbonyl (C=O) groups is 1. The third-order valence-corrected chi connectivity index (χ3v) is 5.11. The number of primary amides is 1. The van der Waals surface area contributed by atoms with E-state index in [1.54, 1.807) is 0 Å². The zero-order valence-corrected chi connectivity index (χ0v) is 13.9. The fraction of sp³-hybridized carbons (Fsp3) is 0.611. The Labute approximate surface area is 138 Å². The van der Waals surface area contributed by atoms with Crippen LogP contribution in [0.4, 0.5) is 5.69 Å². The van der Waals surface area contributed by atoms with Crippen LogP contribution in [0.1, 0.15) is 31.7 Å². The average Bonchev–Trinajstić information content (AvgIpc) is 2.59. The van der Waals surface area contributed by atoms with Gasteiger partial charge in [-0.2, -0.15) is 0 Å². The van der Waals surface area contributed by atoms with Crippen LogP contribution in [0.5, 0.6) is 5.75 Å². The maximum atomic E-state index is 11.3. The molecular weight excluding hydrogens is 290 g/mol. The maximum Gasteiger partial charge on any atom is 0.220 e. The average molecular weight is 317 g/mol. The predicted molar refractivity (Wildman–Crippen MR) is 91.7 cm³/mol. The zero-order valence-electron chi connectivity index (χ0n) is 13.9. The van der Waals surface area contributed by atoms with E-state index in [0.717, 1.165) is 63.4 Å². The van der Waals surface area contributed by atoms with Crippen LogP contribution < -0.4 is 15.8 Å². The summed E-state index contributed by atoms with van der Waals surface area (Å²) in [4.78, 5) is 13.8. The van der Waals surface area contributed by atoms with E-state index in [4.69, 9.17) is 10.5 Å². The highest BCUT2D eigenvalue weighted by Gasteiger charge is 2.27. The van der Waals surface area contributed by atoms with E-state index in [1.807, 2.05) is 0 Å². The second kappa shape index (κ2) is 7.21. The number of carbonyl (C=O) groups excluding carboxylic acids is 1. The third-order valence-electron chi connectivity index (χ3n) is 5.11. The van der Waals surface area contributed by atoms with Crippen molar-refractivity contribution in [1.29, 1.82) is 0 Å². The lowest BCUT2D eigenvalue weighted by atomic mass is 9.93. The summed E-state index contributed by atoms with van der Waals surface area (Å²) < 4.78 is 5.64. The van der Waals surface area contributed by atoms with Gasteiger partial charge in [0.15, 0.2) is 0 Å². The monoisotopic (exact) mass is 317 g/mol. The molecule has 1 saturated heterocycles. The molecule has 2 aliphatic heterocycles. The summed E-state index contributed by atoms with van der Waals surface area (Å²) >= 11 is 0. The van der Waals surface area contributed by atoms with Crippen molar-refractivity contribution in [2.24, 2.45) is 11.7 Å². The number of benzene rings is 1. The van der Waals surface area contributed by atoms with Crippen LogP contribution in [-0.4, -0.2) is 43.1 Å². The Bertz CT molecular complexity index is 553. The minimum absolute atomic E-state index is 0.0637. The summed E-state index contributed by atoms with van der Waals surface area (Å²) in [6.45, 7) is 5.79. The summed E-state index contributed by atoms with van der Waals surface area (Å²) in [6.07, 6.45) is 3.94. The number of ether oxygens (including phenoxy) is 1. The van der Waals surface area contributed by atoms with Gasteiger partial charge in [0.1, 0.15) is 12.4 Å². The summed E-state index contributed by atoms with van der Waals surface area (Å²) in [5, 5.41) is 3.40. The molecule has 3 rings (SSSR count). The Morgan fingerprint density at radius 1 is 1.43 bits per heavy atom. The lowest BCUT2D eigenvalue weighted by Crippen LogP contribution is -2.44. The number of hydrogen-bond donors (Lipinski definition) is 2. The van der Waals surface area contributed by atoms with Gasteiger partial charge in [-0.25, -0.2) is 0 Å². The van der Waals surface area contributed by atoms with Crippen molar-refractivity contribution < 1.29 is 9.53 Å². The molecule has 126 valence electrons. The molecule has 1 atom stereocenters. The lowest BCUT2D eigenvalue weighted by Gasteiger charge is -2.36. The topological polar surface area (TPSA) is 67.6 Å².